The summed E-state index contributed by atoms with van der Waals surface area (Å²) in [7, 11) is 0. The molecular weight excluding hydrogens is 432 g/mol. The van der Waals surface area contributed by atoms with E-state index in [2.05, 4.69) is 20.4 Å². The summed E-state index contributed by atoms with van der Waals surface area (Å²) >= 11 is 0. The maximum absolute atomic E-state index is 13.8. The monoisotopic (exact) mass is 474 g/mol. The Morgan fingerprint density at radius 1 is 1.15 bits per heavy atom. The minimum atomic E-state index is -1.81. The van der Waals surface area contributed by atoms with Gasteiger partial charge in [0.2, 0.25) is 0 Å². The number of ether oxygens (including phenoxy) is 2. The Bertz CT molecular complexity index is 870. The van der Waals surface area contributed by atoms with Gasteiger partial charge in [-0.15, -0.1) is 0 Å². The lowest BCUT2D eigenvalue weighted by molar-refractivity contribution is -0.171. The zero-order chi connectivity index (χ0) is 25.4. The number of fused-ring (bicyclic) bond motifs is 2. The molecule has 0 heterocycles. The SMILES string of the molecule is C=C1CC[C@H]2[C@@H](/C=C(\C)C(=O)[C@@]3(O)C[C@H](C)[C@H](OC(=O)CCC)[C@@H]3[C@H]1OC(=O)CCC)C2(C)C. The number of hydrogen-bond acceptors (Lipinski definition) is 6. The zero-order valence-corrected chi connectivity index (χ0v) is 21.7. The van der Waals surface area contributed by atoms with Gasteiger partial charge < -0.3 is 14.6 Å². The number of aliphatic hydroxyl groups is 1. The molecule has 2 fully saturated rings. The molecule has 6 nitrogen and oxygen atoms in total. The van der Waals surface area contributed by atoms with Crippen LogP contribution in [0.15, 0.2) is 23.8 Å². The van der Waals surface area contributed by atoms with E-state index in [0.717, 1.165) is 6.42 Å². The number of Topliss-reactive ketones (excluding diaryl/α,β-unsaturated/α-hetero) is 1. The standard InChI is InChI=1S/C28H42O6/c1-8-10-21(29)33-24-16(3)12-13-19-20(27(19,6)7)14-17(4)26(31)28(32)15-18(5)25(23(24)28)34-22(30)11-9-2/h14,18-20,23-25,32H,3,8-13,15H2,1-2,4-7H3/b17-14+/t18-,19-,20+,23-,24-,25-,28+/m0/s1. The molecule has 0 amide bonds. The van der Waals surface area contributed by atoms with E-state index in [-0.39, 0.29) is 48.3 Å². The van der Waals surface area contributed by atoms with Crippen LogP contribution in [-0.2, 0) is 23.9 Å². The van der Waals surface area contributed by atoms with Gasteiger partial charge in [-0.3, -0.25) is 14.4 Å². The van der Waals surface area contributed by atoms with Crippen molar-refractivity contribution in [3.63, 3.8) is 0 Å². The van der Waals surface area contributed by atoms with Crippen molar-refractivity contribution in [3.05, 3.63) is 23.8 Å². The van der Waals surface area contributed by atoms with Gasteiger partial charge in [0.05, 0.1) is 5.92 Å². The lowest BCUT2D eigenvalue weighted by Gasteiger charge is -2.37. The van der Waals surface area contributed by atoms with Gasteiger partial charge in [0.25, 0.3) is 0 Å². The normalized spacial score (nSPS) is 38.6. The lowest BCUT2D eigenvalue weighted by Crippen LogP contribution is -2.52. The number of hydrogen-bond donors (Lipinski definition) is 1. The number of rotatable bonds is 6. The third-order valence-electron chi connectivity index (χ3n) is 8.36. The van der Waals surface area contributed by atoms with Crippen LogP contribution in [0.5, 0.6) is 0 Å². The molecule has 0 saturated heterocycles. The van der Waals surface area contributed by atoms with Gasteiger partial charge >= 0.3 is 11.9 Å². The summed E-state index contributed by atoms with van der Waals surface area (Å²) in [5.41, 5.74) is -0.548. The fraction of sp³-hybridized carbons (Fsp3) is 0.750. The predicted molar refractivity (Wildman–Crippen MR) is 130 cm³/mol. The highest BCUT2D eigenvalue weighted by Gasteiger charge is 2.63. The highest BCUT2D eigenvalue weighted by atomic mass is 16.6. The molecule has 0 unspecified atom stereocenters. The minimum absolute atomic E-state index is 0.0681. The van der Waals surface area contributed by atoms with Gasteiger partial charge in [0, 0.05) is 12.8 Å². The predicted octanol–water partition coefficient (Wildman–Crippen LogP) is 4.93. The molecule has 0 aromatic heterocycles. The molecule has 6 heteroatoms. The Hall–Kier alpha value is -1.95. The molecular formula is C28H42O6. The van der Waals surface area contributed by atoms with E-state index in [4.69, 9.17) is 9.47 Å². The lowest BCUT2D eigenvalue weighted by atomic mass is 9.77. The van der Waals surface area contributed by atoms with E-state index < -0.39 is 29.7 Å². The van der Waals surface area contributed by atoms with E-state index in [1.54, 1.807) is 6.92 Å². The number of carbonyl (C=O) groups excluding carboxylic acids is 3. The molecule has 0 radical (unpaired) electrons. The third-order valence-corrected chi connectivity index (χ3v) is 8.36. The van der Waals surface area contributed by atoms with E-state index >= 15 is 0 Å². The summed E-state index contributed by atoms with van der Waals surface area (Å²) < 4.78 is 11.8. The van der Waals surface area contributed by atoms with E-state index in [1.807, 2.05) is 26.8 Å². The summed E-state index contributed by atoms with van der Waals surface area (Å²) in [6, 6.07) is 0. The maximum atomic E-state index is 13.8. The molecule has 1 N–H and O–H groups in total. The average molecular weight is 475 g/mol. The smallest absolute Gasteiger partial charge is 0.306 e. The van der Waals surface area contributed by atoms with Crippen LogP contribution in [0.25, 0.3) is 0 Å². The molecule has 0 spiro atoms. The van der Waals surface area contributed by atoms with E-state index in [0.29, 0.717) is 36.3 Å². The van der Waals surface area contributed by atoms with Crippen molar-refractivity contribution in [3.8, 4) is 0 Å². The fourth-order valence-electron chi connectivity index (χ4n) is 6.29. The Morgan fingerprint density at radius 2 is 1.74 bits per heavy atom. The molecule has 0 aromatic rings. The third kappa shape index (κ3) is 4.89. The summed E-state index contributed by atoms with van der Waals surface area (Å²) in [6.45, 7) is 16.1. The maximum Gasteiger partial charge on any atom is 0.306 e. The minimum Gasteiger partial charge on any atom is -0.461 e. The molecule has 3 aliphatic rings. The first-order valence-electron chi connectivity index (χ1n) is 12.9. The molecule has 2 saturated carbocycles. The fourth-order valence-corrected chi connectivity index (χ4v) is 6.29. The highest BCUT2D eigenvalue weighted by molar-refractivity contribution is 6.02. The van der Waals surface area contributed by atoms with E-state index in [1.165, 1.54) is 0 Å². The first-order chi connectivity index (χ1) is 15.9. The topological polar surface area (TPSA) is 89.9 Å². The van der Waals surface area contributed by atoms with Crippen LogP contribution in [0.3, 0.4) is 0 Å². The van der Waals surface area contributed by atoms with Crippen molar-refractivity contribution in [2.75, 3.05) is 0 Å². The number of esters is 2. The first-order valence-corrected chi connectivity index (χ1v) is 12.9. The zero-order valence-electron chi connectivity index (χ0n) is 21.7. The van der Waals surface area contributed by atoms with Gasteiger partial charge in [-0.05, 0) is 73.3 Å². The summed E-state index contributed by atoms with van der Waals surface area (Å²) in [6.07, 6.45) is 3.72. The number of carbonyl (C=O) groups is 3. The number of allylic oxidation sites excluding steroid dienone is 1. The molecule has 7 atom stereocenters. The Balaban J connectivity index is 2.09. The van der Waals surface area contributed by atoms with Crippen molar-refractivity contribution in [2.24, 2.45) is 29.1 Å². The van der Waals surface area contributed by atoms with Crippen LogP contribution in [0.2, 0.25) is 0 Å². The van der Waals surface area contributed by atoms with Gasteiger partial charge in [0.15, 0.2) is 5.78 Å². The molecule has 3 aliphatic carbocycles. The van der Waals surface area contributed by atoms with Crippen LogP contribution in [0, 0.1) is 29.1 Å². The second-order valence-corrected chi connectivity index (χ2v) is 11.3. The molecule has 0 aromatic carbocycles. The molecule has 0 aliphatic heterocycles. The van der Waals surface area contributed by atoms with Gasteiger partial charge in [-0.1, -0.05) is 47.3 Å². The van der Waals surface area contributed by atoms with Crippen LogP contribution < -0.4 is 0 Å². The van der Waals surface area contributed by atoms with E-state index in [9.17, 15) is 19.5 Å². The summed E-state index contributed by atoms with van der Waals surface area (Å²) in [5.74, 6) is -1.66. The molecule has 3 rings (SSSR count). The Kier molecular flexibility index (Phi) is 7.81. The summed E-state index contributed by atoms with van der Waals surface area (Å²) in [4.78, 5) is 39.0. The van der Waals surface area contributed by atoms with Crippen molar-refractivity contribution in [1.29, 1.82) is 0 Å². The van der Waals surface area contributed by atoms with Crippen molar-refractivity contribution >= 4 is 17.7 Å². The van der Waals surface area contributed by atoms with Crippen molar-refractivity contribution in [2.45, 2.75) is 104 Å². The summed E-state index contributed by atoms with van der Waals surface area (Å²) in [5, 5.41) is 12.0. The van der Waals surface area contributed by atoms with Crippen LogP contribution >= 0.6 is 0 Å². The second kappa shape index (κ2) is 9.96. The van der Waals surface area contributed by atoms with Gasteiger partial charge in [0.1, 0.15) is 17.8 Å². The highest BCUT2D eigenvalue weighted by Crippen LogP contribution is 2.62. The van der Waals surface area contributed by atoms with Crippen molar-refractivity contribution in [1.82, 2.24) is 0 Å². The average Bonchev–Trinajstić information content (AvgIpc) is 3.15. The largest absolute Gasteiger partial charge is 0.461 e. The van der Waals surface area contributed by atoms with Crippen LogP contribution in [0.1, 0.15) is 86.5 Å². The Labute approximate surface area is 204 Å². The second-order valence-electron chi connectivity index (χ2n) is 11.3. The van der Waals surface area contributed by atoms with Gasteiger partial charge in [-0.2, -0.15) is 0 Å². The number of ketones is 1. The first kappa shape index (κ1) is 26.7. The van der Waals surface area contributed by atoms with Gasteiger partial charge in [-0.25, -0.2) is 0 Å². The molecule has 0 bridgehead atoms. The quantitative estimate of drug-likeness (QED) is 0.433. The van der Waals surface area contributed by atoms with Crippen LogP contribution in [-0.4, -0.2) is 40.6 Å². The van der Waals surface area contributed by atoms with Crippen LogP contribution in [0.4, 0.5) is 0 Å². The molecule has 190 valence electrons. The molecule has 34 heavy (non-hydrogen) atoms. The Morgan fingerprint density at radius 3 is 2.32 bits per heavy atom. The van der Waals surface area contributed by atoms with Crippen molar-refractivity contribution < 1.29 is 29.0 Å².